The molecule has 4 aromatic rings. The van der Waals surface area contributed by atoms with Crippen LogP contribution < -0.4 is 0 Å². The zero-order chi connectivity index (χ0) is 25.0. The van der Waals surface area contributed by atoms with Gasteiger partial charge in [0.1, 0.15) is 16.9 Å². The predicted octanol–water partition coefficient (Wildman–Crippen LogP) is 4.19. The SMILES string of the molecule is CN1CCC(O)(c2cc(-c3cccc(-c4cn(C(=O)OC(C)(C)C)c5ncccc45)c3)on2)C1=O. The Bertz CT molecular complexity index is 1450. The van der Waals surface area contributed by atoms with Crippen LogP contribution in [0.25, 0.3) is 33.5 Å². The molecule has 9 nitrogen and oxygen atoms in total. The number of likely N-dealkylation sites (tertiary alicyclic amines) is 1. The third-order valence-electron chi connectivity index (χ3n) is 6.05. The van der Waals surface area contributed by atoms with Crippen LogP contribution in [0, 0.1) is 0 Å². The lowest BCUT2D eigenvalue weighted by atomic mass is 9.96. The van der Waals surface area contributed by atoms with E-state index in [4.69, 9.17) is 9.26 Å². The van der Waals surface area contributed by atoms with Crippen molar-refractivity contribution in [1.82, 2.24) is 19.6 Å². The Morgan fingerprint density at radius 3 is 2.66 bits per heavy atom. The first-order chi connectivity index (χ1) is 16.6. The molecule has 180 valence electrons. The van der Waals surface area contributed by atoms with Gasteiger partial charge in [-0.25, -0.2) is 14.3 Å². The van der Waals surface area contributed by atoms with Crippen LogP contribution in [0.5, 0.6) is 0 Å². The maximum absolute atomic E-state index is 12.8. The molecule has 1 atom stereocenters. The number of hydrogen-bond acceptors (Lipinski definition) is 7. The van der Waals surface area contributed by atoms with Crippen molar-refractivity contribution in [3.63, 3.8) is 0 Å². The molecule has 0 radical (unpaired) electrons. The van der Waals surface area contributed by atoms with Crippen molar-refractivity contribution in [2.45, 2.75) is 38.4 Å². The molecule has 1 aliphatic rings. The van der Waals surface area contributed by atoms with Crippen molar-refractivity contribution in [2.75, 3.05) is 13.6 Å². The fraction of sp³-hybridized carbons (Fsp3) is 0.308. The number of aliphatic hydroxyl groups is 1. The van der Waals surface area contributed by atoms with Crippen LogP contribution in [0.15, 0.2) is 59.4 Å². The molecule has 9 heteroatoms. The minimum atomic E-state index is -1.68. The number of amides is 1. The number of hydrogen-bond donors (Lipinski definition) is 1. The third-order valence-corrected chi connectivity index (χ3v) is 6.05. The number of fused-ring (bicyclic) bond motifs is 1. The third kappa shape index (κ3) is 3.97. The van der Waals surface area contributed by atoms with Crippen molar-refractivity contribution < 1.29 is 24.0 Å². The van der Waals surface area contributed by atoms with Crippen molar-refractivity contribution in [3.05, 3.63) is 60.6 Å². The standard InChI is InChI=1S/C26H26N4O5/c1-25(2,3)34-24(32)30-15-19(18-9-6-11-27-22(18)30)16-7-5-8-17(13-16)20-14-21(28-35-20)26(33)10-12-29(4)23(26)31/h5-9,11,13-15,33H,10,12H2,1-4H3. The van der Waals surface area contributed by atoms with Gasteiger partial charge in [-0.1, -0.05) is 23.4 Å². The molecule has 3 aromatic heterocycles. The van der Waals surface area contributed by atoms with Crippen molar-refractivity contribution >= 4 is 23.0 Å². The maximum atomic E-state index is 12.8. The number of carbonyl (C=O) groups excluding carboxylic acids is 2. The monoisotopic (exact) mass is 474 g/mol. The first kappa shape index (κ1) is 22.8. The van der Waals surface area contributed by atoms with Crippen LogP contribution in [0.3, 0.4) is 0 Å². The average molecular weight is 475 g/mol. The van der Waals surface area contributed by atoms with Crippen LogP contribution in [-0.2, 0) is 15.1 Å². The number of rotatable bonds is 3. The van der Waals surface area contributed by atoms with Gasteiger partial charge in [0.25, 0.3) is 5.91 Å². The summed E-state index contributed by atoms with van der Waals surface area (Å²) >= 11 is 0. The molecule has 1 aliphatic heterocycles. The van der Waals surface area contributed by atoms with E-state index in [2.05, 4.69) is 10.1 Å². The van der Waals surface area contributed by atoms with Gasteiger partial charge in [0.05, 0.1) is 0 Å². The molecule has 0 bridgehead atoms. The van der Waals surface area contributed by atoms with Gasteiger partial charge >= 0.3 is 6.09 Å². The number of pyridine rings is 1. The summed E-state index contributed by atoms with van der Waals surface area (Å²) in [5, 5.41) is 15.7. The van der Waals surface area contributed by atoms with Gasteiger partial charge in [-0.2, -0.15) is 0 Å². The highest BCUT2D eigenvalue weighted by Gasteiger charge is 2.47. The molecule has 5 rings (SSSR count). The Hall–Kier alpha value is -3.98. The minimum absolute atomic E-state index is 0.193. The molecule has 4 heterocycles. The molecule has 0 saturated carbocycles. The second-order valence-electron chi connectivity index (χ2n) is 9.76. The summed E-state index contributed by atoms with van der Waals surface area (Å²) < 4.78 is 12.5. The van der Waals surface area contributed by atoms with E-state index in [9.17, 15) is 14.7 Å². The second kappa shape index (κ2) is 8.06. The molecule has 1 unspecified atom stereocenters. The smallest absolute Gasteiger partial charge is 0.420 e. The van der Waals surface area contributed by atoms with Gasteiger partial charge in [-0.15, -0.1) is 0 Å². The quantitative estimate of drug-likeness (QED) is 0.474. The lowest BCUT2D eigenvalue weighted by Gasteiger charge is -2.19. The van der Waals surface area contributed by atoms with E-state index < -0.39 is 23.2 Å². The molecule has 1 N–H and O–H groups in total. The lowest BCUT2D eigenvalue weighted by Crippen LogP contribution is -2.36. The predicted molar refractivity (Wildman–Crippen MR) is 128 cm³/mol. The van der Waals surface area contributed by atoms with Crippen molar-refractivity contribution in [3.8, 4) is 22.5 Å². The summed E-state index contributed by atoms with van der Waals surface area (Å²) in [6.45, 7) is 5.89. The Morgan fingerprint density at radius 1 is 1.17 bits per heavy atom. The molecule has 1 saturated heterocycles. The Kier molecular flexibility index (Phi) is 5.25. The lowest BCUT2D eigenvalue weighted by molar-refractivity contribution is -0.143. The highest BCUT2D eigenvalue weighted by atomic mass is 16.6. The fourth-order valence-electron chi connectivity index (χ4n) is 4.28. The van der Waals surface area contributed by atoms with E-state index in [1.54, 1.807) is 25.5 Å². The van der Waals surface area contributed by atoms with E-state index >= 15 is 0 Å². The summed E-state index contributed by atoms with van der Waals surface area (Å²) in [5.41, 5.74) is 0.703. The average Bonchev–Trinajstić information content (AvgIpc) is 3.52. The molecular weight excluding hydrogens is 448 g/mol. The molecular formula is C26H26N4O5. The topological polar surface area (TPSA) is 111 Å². The number of carbonyl (C=O) groups is 2. The van der Waals surface area contributed by atoms with Gasteiger partial charge in [-0.3, -0.25) is 4.79 Å². The first-order valence-electron chi connectivity index (χ1n) is 11.3. The van der Waals surface area contributed by atoms with Gasteiger partial charge in [-0.05, 0) is 44.5 Å². The van der Waals surface area contributed by atoms with Crippen LogP contribution in [-0.4, -0.2) is 55.9 Å². The number of ether oxygens (including phenoxy) is 1. The van der Waals surface area contributed by atoms with E-state index in [0.29, 0.717) is 23.5 Å². The zero-order valence-corrected chi connectivity index (χ0v) is 20.0. The van der Waals surface area contributed by atoms with Crippen molar-refractivity contribution in [1.29, 1.82) is 0 Å². The van der Waals surface area contributed by atoms with Gasteiger partial charge in [0.2, 0.25) is 0 Å². The molecule has 1 fully saturated rings. The summed E-state index contributed by atoms with van der Waals surface area (Å²) in [6, 6.07) is 12.9. The number of nitrogens with zero attached hydrogens (tertiary/aromatic N) is 4. The molecule has 1 aromatic carbocycles. The number of benzene rings is 1. The first-order valence-corrected chi connectivity index (χ1v) is 11.3. The highest BCUT2D eigenvalue weighted by Crippen LogP contribution is 2.36. The Labute approximate surface area is 201 Å². The molecule has 0 aliphatic carbocycles. The molecule has 0 spiro atoms. The van der Waals surface area contributed by atoms with Crippen LogP contribution in [0.4, 0.5) is 4.79 Å². The minimum Gasteiger partial charge on any atom is -0.443 e. The number of aromatic nitrogens is 3. The van der Waals surface area contributed by atoms with Crippen LogP contribution >= 0.6 is 0 Å². The van der Waals surface area contributed by atoms with E-state index in [-0.39, 0.29) is 12.1 Å². The van der Waals surface area contributed by atoms with E-state index in [0.717, 1.165) is 16.5 Å². The van der Waals surface area contributed by atoms with Gasteiger partial charge in [0, 0.05) is 55.0 Å². The zero-order valence-electron chi connectivity index (χ0n) is 20.0. The van der Waals surface area contributed by atoms with Crippen LogP contribution in [0.2, 0.25) is 0 Å². The van der Waals surface area contributed by atoms with Crippen molar-refractivity contribution in [2.24, 2.45) is 0 Å². The molecule has 1 amide bonds. The maximum Gasteiger partial charge on any atom is 0.420 e. The van der Waals surface area contributed by atoms with E-state index in [1.165, 1.54) is 9.47 Å². The Morgan fingerprint density at radius 2 is 1.94 bits per heavy atom. The summed E-state index contributed by atoms with van der Waals surface area (Å²) in [4.78, 5) is 31.1. The largest absolute Gasteiger partial charge is 0.443 e. The fourth-order valence-corrected chi connectivity index (χ4v) is 4.28. The van der Waals surface area contributed by atoms with E-state index in [1.807, 2.05) is 57.2 Å². The summed E-state index contributed by atoms with van der Waals surface area (Å²) in [6.07, 6.45) is 3.09. The highest BCUT2D eigenvalue weighted by molar-refractivity contribution is 5.99. The normalized spacial score (nSPS) is 18.4. The Balaban J connectivity index is 1.53. The van der Waals surface area contributed by atoms with Gasteiger partial charge in [0.15, 0.2) is 11.4 Å². The second-order valence-corrected chi connectivity index (χ2v) is 9.76. The molecule has 35 heavy (non-hydrogen) atoms. The van der Waals surface area contributed by atoms with Crippen LogP contribution in [0.1, 0.15) is 32.9 Å². The summed E-state index contributed by atoms with van der Waals surface area (Å²) in [7, 11) is 1.65. The summed E-state index contributed by atoms with van der Waals surface area (Å²) in [5.74, 6) is 0.0280. The van der Waals surface area contributed by atoms with Gasteiger partial charge < -0.3 is 19.3 Å². The number of likely N-dealkylation sites (N-methyl/N-ethyl adjacent to an activating group) is 1.